The van der Waals surface area contributed by atoms with E-state index in [0.717, 1.165) is 18.1 Å². The smallest absolute Gasteiger partial charge is 0.336 e. The van der Waals surface area contributed by atoms with Gasteiger partial charge in [0, 0.05) is 23.1 Å². The van der Waals surface area contributed by atoms with Gasteiger partial charge in [-0.1, -0.05) is 19.1 Å². The lowest BCUT2D eigenvalue weighted by molar-refractivity contribution is 0.262. The van der Waals surface area contributed by atoms with E-state index < -0.39 is 41.3 Å². The van der Waals surface area contributed by atoms with Crippen LogP contribution in [0.25, 0.3) is 11.0 Å². The van der Waals surface area contributed by atoms with E-state index in [1.807, 2.05) is 6.92 Å². The van der Waals surface area contributed by atoms with Gasteiger partial charge in [-0.2, -0.15) is 8.78 Å². The molecule has 0 aliphatic rings. The summed E-state index contributed by atoms with van der Waals surface area (Å²) >= 11 is 0. The quantitative estimate of drug-likeness (QED) is 0.395. The Morgan fingerprint density at radius 2 is 1.68 bits per heavy atom. The fourth-order valence-corrected chi connectivity index (χ4v) is 2.44. The summed E-state index contributed by atoms with van der Waals surface area (Å²) in [4.78, 5) is 11.7. The second-order valence-corrected chi connectivity index (χ2v) is 5.36. The molecule has 3 aromatic rings. The first kappa shape index (κ1) is 17.0. The monoisotopic (exact) mass is 352 g/mol. The molecule has 0 bridgehead atoms. The normalized spacial score (nSPS) is 11.1. The SMILES string of the molecule is CCc1ccc2c(COc3c(F)c(F)cc(F)c3F)cc(=O)oc2c1. The molecule has 0 aliphatic heterocycles. The first-order chi connectivity index (χ1) is 11.9. The second-order valence-electron chi connectivity index (χ2n) is 5.36. The van der Waals surface area contributed by atoms with Crippen LogP contribution in [0.5, 0.6) is 5.75 Å². The van der Waals surface area contributed by atoms with Crippen molar-refractivity contribution < 1.29 is 26.7 Å². The molecule has 7 heteroatoms. The summed E-state index contributed by atoms with van der Waals surface area (Å²) in [6.45, 7) is 1.46. The summed E-state index contributed by atoms with van der Waals surface area (Å²) in [5, 5.41) is 0.495. The van der Waals surface area contributed by atoms with Crippen molar-refractivity contribution in [1.82, 2.24) is 0 Å². The van der Waals surface area contributed by atoms with Gasteiger partial charge < -0.3 is 9.15 Å². The first-order valence-electron chi connectivity index (χ1n) is 7.42. The maximum Gasteiger partial charge on any atom is 0.336 e. The third kappa shape index (κ3) is 3.22. The highest BCUT2D eigenvalue weighted by molar-refractivity contribution is 5.80. The molecule has 130 valence electrons. The maximum absolute atomic E-state index is 13.7. The van der Waals surface area contributed by atoms with Crippen LogP contribution in [0.1, 0.15) is 18.1 Å². The number of aryl methyl sites for hydroxylation is 1. The Morgan fingerprint density at radius 3 is 2.32 bits per heavy atom. The molecule has 0 fully saturated rings. The maximum atomic E-state index is 13.7. The molecule has 3 rings (SSSR count). The van der Waals surface area contributed by atoms with Crippen LogP contribution in [0.2, 0.25) is 0 Å². The molecule has 0 saturated heterocycles. The van der Waals surface area contributed by atoms with Crippen molar-refractivity contribution in [2.75, 3.05) is 0 Å². The van der Waals surface area contributed by atoms with Crippen LogP contribution in [0.15, 0.2) is 39.5 Å². The summed E-state index contributed by atoms with van der Waals surface area (Å²) in [5.41, 5.74) is 0.818. The zero-order chi connectivity index (χ0) is 18.1. The van der Waals surface area contributed by atoms with Crippen molar-refractivity contribution in [2.45, 2.75) is 20.0 Å². The first-order valence-corrected chi connectivity index (χ1v) is 7.42. The number of hydrogen-bond acceptors (Lipinski definition) is 3. The highest BCUT2D eigenvalue weighted by Gasteiger charge is 2.21. The molecule has 0 spiro atoms. The molecule has 0 aliphatic carbocycles. The zero-order valence-electron chi connectivity index (χ0n) is 13.0. The van der Waals surface area contributed by atoms with E-state index in [9.17, 15) is 22.4 Å². The van der Waals surface area contributed by atoms with Gasteiger partial charge in [0.1, 0.15) is 12.2 Å². The van der Waals surface area contributed by atoms with E-state index in [4.69, 9.17) is 9.15 Å². The fraction of sp³-hybridized carbons (Fsp3) is 0.167. The van der Waals surface area contributed by atoms with Crippen LogP contribution in [0, 0.1) is 23.3 Å². The van der Waals surface area contributed by atoms with E-state index in [-0.39, 0.29) is 17.2 Å². The molecule has 0 amide bonds. The fourth-order valence-electron chi connectivity index (χ4n) is 2.44. The van der Waals surface area contributed by atoms with E-state index in [1.54, 1.807) is 18.2 Å². The van der Waals surface area contributed by atoms with Crippen molar-refractivity contribution >= 4 is 11.0 Å². The summed E-state index contributed by atoms with van der Waals surface area (Å²) in [6.07, 6.45) is 0.722. The molecule has 25 heavy (non-hydrogen) atoms. The number of ether oxygens (including phenoxy) is 1. The van der Waals surface area contributed by atoms with Crippen LogP contribution < -0.4 is 10.4 Å². The van der Waals surface area contributed by atoms with Gasteiger partial charge in [0.15, 0.2) is 17.4 Å². The second kappa shape index (κ2) is 6.58. The standard InChI is InChI=1S/C18H12F4O3/c1-2-9-3-4-11-10(6-15(23)25-14(11)5-9)8-24-18-16(21)12(19)7-13(20)17(18)22/h3-7H,2,8H2,1H3. The molecular formula is C18H12F4O3. The van der Waals surface area contributed by atoms with Gasteiger partial charge in [-0.15, -0.1) is 0 Å². The Kier molecular flexibility index (Phi) is 4.48. The summed E-state index contributed by atoms with van der Waals surface area (Å²) in [5.74, 6) is -7.60. The van der Waals surface area contributed by atoms with Crippen molar-refractivity contribution in [3.63, 3.8) is 0 Å². The van der Waals surface area contributed by atoms with Crippen molar-refractivity contribution in [1.29, 1.82) is 0 Å². The average Bonchev–Trinajstić information content (AvgIpc) is 2.59. The number of halogens is 4. The molecule has 1 heterocycles. The van der Waals surface area contributed by atoms with E-state index in [0.29, 0.717) is 5.39 Å². The van der Waals surface area contributed by atoms with E-state index in [1.165, 1.54) is 0 Å². The highest BCUT2D eigenvalue weighted by atomic mass is 19.2. The van der Waals surface area contributed by atoms with Crippen molar-refractivity contribution in [3.8, 4) is 5.75 Å². The van der Waals surface area contributed by atoms with E-state index >= 15 is 0 Å². The molecule has 0 atom stereocenters. The highest BCUT2D eigenvalue weighted by Crippen LogP contribution is 2.28. The minimum Gasteiger partial charge on any atom is -0.483 e. The van der Waals surface area contributed by atoms with Gasteiger partial charge in [0.2, 0.25) is 11.6 Å². The van der Waals surface area contributed by atoms with Crippen LogP contribution in [0.3, 0.4) is 0 Å². The lowest BCUT2D eigenvalue weighted by atomic mass is 10.1. The molecule has 3 nitrogen and oxygen atoms in total. The molecule has 0 saturated carbocycles. The summed E-state index contributed by atoms with van der Waals surface area (Å²) in [7, 11) is 0. The van der Waals surface area contributed by atoms with Crippen molar-refractivity contribution in [3.05, 3.63) is 75.1 Å². The summed E-state index contributed by atoms with van der Waals surface area (Å²) in [6, 6.07) is 6.34. The van der Waals surface area contributed by atoms with Crippen LogP contribution >= 0.6 is 0 Å². The van der Waals surface area contributed by atoms with Crippen molar-refractivity contribution in [2.24, 2.45) is 0 Å². The Balaban J connectivity index is 2.01. The lowest BCUT2D eigenvalue weighted by Crippen LogP contribution is -2.07. The molecule has 2 aromatic carbocycles. The molecule has 0 N–H and O–H groups in total. The van der Waals surface area contributed by atoms with E-state index in [2.05, 4.69) is 0 Å². The Labute approximate surface area is 139 Å². The predicted molar refractivity (Wildman–Crippen MR) is 82.5 cm³/mol. The summed E-state index contributed by atoms with van der Waals surface area (Å²) < 4.78 is 63.8. The number of benzene rings is 2. The van der Waals surface area contributed by atoms with Crippen LogP contribution in [0.4, 0.5) is 17.6 Å². The molecule has 0 radical (unpaired) electrons. The largest absolute Gasteiger partial charge is 0.483 e. The number of fused-ring (bicyclic) bond motifs is 1. The van der Waals surface area contributed by atoms with Crippen LogP contribution in [-0.4, -0.2) is 0 Å². The Bertz CT molecular complexity index is 985. The molecule has 0 unspecified atom stereocenters. The van der Waals surface area contributed by atoms with Gasteiger partial charge in [-0.3, -0.25) is 0 Å². The average molecular weight is 352 g/mol. The topological polar surface area (TPSA) is 39.4 Å². The van der Waals surface area contributed by atoms with Gasteiger partial charge in [0.05, 0.1) is 0 Å². The Morgan fingerprint density at radius 1 is 1.00 bits per heavy atom. The minimum atomic E-state index is -1.64. The lowest BCUT2D eigenvalue weighted by Gasteiger charge is -2.11. The minimum absolute atomic E-state index is 0.0936. The number of rotatable bonds is 4. The Hall–Kier alpha value is -2.83. The van der Waals surface area contributed by atoms with Gasteiger partial charge >= 0.3 is 5.63 Å². The third-order valence-corrected chi connectivity index (χ3v) is 3.75. The van der Waals surface area contributed by atoms with Crippen LogP contribution in [-0.2, 0) is 13.0 Å². The zero-order valence-corrected chi connectivity index (χ0v) is 13.0. The van der Waals surface area contributed by atoms with Gasteiger partial charge in [-0.25, -0.2) is 13.6 Å². The van der Waals surface area contributed by atoms with Gasteiger partial charge in [-0.05, 0) is 18.1 Å². The molecule has 1 aromatic heterocycles. The third-order valence-electron chi connectivity index (χ3n) is 3.75. The number of hydrogen-bond donors (Lipinski definition) is 0. The molecular weight excluding hydrogens is 340 g/mol. The predicted octanol–water partition coefficient (Wildman–Crippen LogP) is 4.49. The van der Waals surface area contributed by atoms with Gasteiger partial charge in [0.25, 0.3) is 0 Å².